The summed E-state index contributed by atoms with van der Waals surface area (Å²) in [4.78, 5) is 11.4. The van der Waals surface area contributed by atoms with Gasteiger partial charge in [-0.3, -0.25) is 4.90 Å². The lowest BCUT2D eigenvalue weighted by Crippen LogP contribution is -2.45. The van der Waals surface area contributed by atoms with Crippen LogP contribution in [-0.2, 0) is 20.1 Å². The van der Waals surface area contributed by atoms with Gasteiger partial charge in [0.25, 0.3) is 0 Å². The van der Waals surface area contributed by atoms with Crippen molar-refractivity contribution in [2.24, 2.45) is 7.05 Å². The van der Waals surface area contributed by atoms with E-state index in [0.29, 0.717) is 11.9 Å². The quantitative estimate of drug-likeness (QED) is 0.766. The molecule has 1 aliphatic rings. The summed E-state index contributed by atoms with van der Waals surface area (Å²) >= 11 is 0. The summed E-state index contributed by atoms with van der Waals surface area (Å²) in [6, 6.07) is 8.72. The van der Waals surface area contributed by atoms with Gasteiger partial charge in [-0.2, -0.15) is 4.98 Å². The number of nitrogens with one attached hydrogen (secondary N) is 1. The van der Waals surface area contributed by atoms with Gasteiger partial charge in [0.2, 0.25) is 5.89 Å². The van der Waals surface area contributed by atoms with Crippen LogP contribution >= 0.6 is 0 Å². The molecule has 2 aromatic heterocycles. The fourth-order valence-electron chi connectivity index (χ4n) is 3.56. The Labute approximate surface area is 147 Å². The number of aromatic nitrogens is 4. The number of imidazole rings is 1. The first-order valence-corrected chi connectivity index (χ1v) is 8.84. The summed E-state index contributed by atoms with van der Waals surface area (Å²) < 4.78 is 7.24. The van der Waals surface area contributed by atoms with Crippen LogP contribution in [0.25, 0.3) is 11.0 Å². The Bertz CT molecular complexity index is 854. The van der Waals surface area contributed by atoms with Crippen LogP contribution in [0.1, 0.15) is 30.4 Å². The van der Waals surface area contributed by atoms with Gasteiger partial charge in [0.1, 0.15) is 5.82 Å². The highest BCUT2D eigenvalue weighted by Gasteiger charge is 2.21. The third-order valence-corrected chi connectivity index (χ3v) is 4.87. The minimum Gasteiger partial charge on any atom is -0.340 e. The third-order valence-electron chi connectivity index (χ3n) is 4.87. The number of rotatable bonds is 5. The van der Waals surface area contributed by atoms with Crippen LogP contribution in [0.4, 0.5) is 0 Å². The van der Waals surface area contributed by atoms with E-state index in [4.69, 9.17) is 9.51 Å². The molecule has 0 bridgehead atoms. The minimum absolute atomic E-state index is 0.460. The molecule has 0 amide bonds. The molecule has 7 nitrogen and oxygen atoms in total. The van der Waals surface area contributed by atoms with Gasteiger partial charge in [-0.25, -0.2) is 4.98 Å². The number of aryl methyl sites for hydroxylation is 2. The molecule has 4 rings (SSSR count). The topological polar surface area (TPSA) is 72.0 Å². The van der Waals surface area contributed by atoms with Gasteiger partial charge in [0, 0.05) is 26.6 Å². The van der Waals surface area contributed by atoms with Crippen molar-refractivity contribution in [3.8, 4) is 0 Å². The van der Waals surface area contributed by atoms with E-state index in [0.717, 1.165) is 43.3 Å². The molecule has 1 unspecified atom stereocenters. The number of benzene rings is 1. The number of likely N-dealkylation sites (tertiary alicyclic amines) is 1. The second-order valence-corrected chi connectivity index (χ2v) is 6.76. The molecular weight excluding hydrogens is 316 g/mol. The van der Waals surface area contributed by atoms with Crippen LogP contribution < -0.4 is 5.32 Å². The largest absolute Gasteiger partial charge is 0.340 e. The van der Waals surface area contributed by atoms with Crippen molar-refractivity contribution in [3.63, 3.8) is 0 Å². The van der Waals surface area contributed by atoms with Gasteiger partial charge < -0.3 is 14.4 Å². The highest BCUT2D eigenvalue weighted by Crippen LogP contribution is 2.16. The molecule has 0 spiro atoms. The van der Waals surface area contributed by atoms with Gasteiger partial charge in [0.05, 0.1) is 24.1 Å². The van der Waals surface area contributed by atoms with E-state index in [9.17, 15) is 0 Å². The number of para-hydroxylation sites is 2. The Kier molecular flexibility index (Phi) is 4.50. The Morgan fingerprint density at radius 1 is 1.28 bits per heavy atom. The standard InChI is InChI=1S/C18H24N6O/c1-13-20-17(22-25-13)12-24-9-5-6-14(11-24)19-10-18-21-15-7-3-4-8-16(15)23(18)2/h3-4,7-8,14,19H,5-6,9-12H2,1-2H3. The zero-order valence-corrected chi connectivity index (χ0v) is 14.8. The van der Waals surface area contributed by atoms with Crippen LogP contribution in [0.5, 0.6) is 0 Å². The number of nitrogens with zero attached hydrogens (tertiary/aromatic N) is 5. The maximum absolute atomic E-state index is 5.07. The number of piperidine rings is 1. The second-order valence-electron chi connectivity index (χ2n) is 6.76. The molecule has 7 heteroatoms. The number of fused-ring (bicyclic) bond motifs is 1. The summed E-state index contributed by atoms with van der Waals surface area (Å²) in [6.45, 7) is 5.44. The predicted octanol–water partition coefficient (Wildman–Crippen LogP) is 2.02. The summed E-state index contributed by atoms with van der Waals surface area (Å²) in [7, 11) is 2.08. The fourth-order valence-corrected chi connectivity index (χ4v) is 3.56. The Hall–Kier alpha value is -2.25. The van der Waals surface area contributed by atoms with Crippen molar-refractivity contribution in [2.75, 3.05) is 13.1 Å². The molecule has 1 saturated heterocycles. The van der Waals surface area contributed by atoms with Gasteiger partial charge in [0.15, 0.2) is 5.82 Å². The lowest BCUT2D eigenvalue weighted by molar-refractivity contribution is 0.176. The fraction of sp³-hybridized carbons (Fsp3) is 0.500. The van der Waals surface area contributed by atoms with E-state index >= 15 is 0 Å². The molecule has 1 aliphatic heterocycles. The van der Waals surface area contributed by atoms with Crippen LogP contribution in [0.3, 0.4) is 0 Å². The van der Waals surface area contributed by atoms with E-state index in [2.05, 4.69) is 50.2 Å². The molecule has 25 heavy (non-hydrogen) atoms. The van der Waals surface area contributed by atoms with Gasteiger partial charge in [-0.05, 0) is 31.5 Å². The van der Waals surface area contributed by atoms with E-state index in [1.807, 2.05) is 13.0 Å². The lowest BCUT2D eigenvalue weighted by atomic mass is 10.1. The van der Waals surface area contributed by atoms with Crippen molar-refractivity contribution < 1.29 is 4.52 Å². The van der Waals surface area contributed by atoms with Crippen LogP contribution in [0.15, 0.2) is 28.8 Å². The molecular formula is C18H24N6O. The van der Waals surface area contributed by atoms with Crippen LogP contribution in [-0.4, -0.2) is 43.7 Å². The lowest BCUT2D eigenvalue weighted by Gasteiger charge is -2.32. The average molecular weight is 340 g/mol. The van der Waals surface area contributed by atoms with E-state index < -0.39 is 0 Å². The normalized spacial score (nSPS) is 18.9. The molecule has 0 radical (unpaired) electrons. The average Bonchev–Trinajstić information content (AvgIpc) is 3.17. The Morgan fingerprint density at radius 2 is 2.16 bits per heavy atom. The smallest absolute Gasteiger partial charge is 0.223 e. The molecule has 0 aliphatic carbocycles. The summed E-state index contributed by atoms with van der Waals surface area (Å²) in [6.07, 6.45) is 2.36. The molecule has 1 fully saturated rings. The summed E-state index contributed by atoms with van der Waals surface area (Å²) in [5.41, 5.74) is 2.23. The first-order valence-electron chi connectivity index (χ1n) is 8.84. The summed E-state index contributed by atoms with van der Waals surface area (Å²) in [5.74, 6) is 2.48. The SMILES string of the molecule is Cc1nc(CN2CCCC(NCc3nc4ccccc4n3C)C2)no1. The second kappa shape index (κ2) is 6.93. The van der Waals surface area contributed by atoms with Crippen LogP contribution in [0.2, 0.25) is 0 Å². The molecule has 1 N–H and O–H groups in total. The minimum atomic E-state index is 0.460. The van der Waals surface area contributed by atoms with Crippen molar-refractivity contribution >= 4 is 11.0 Å². The van der Waals surface area contributed by atoms with Crippen molar-refractivity contribution in [1.29, 1.82) is 0 Å². The molecule has 3 heterocycles. The van der Waals surface area contributed by atoms with Gasteiger partial charge in [-0.15, -0.1) is 0 Å². The molecule has 0 saturated carbocycles. The number of hydrogen-bond acceptors (Lipinski definition) is 6. The maximum atomic E-state index is 5.07. The molecule has 1 aromatic carbocycles. The first-order chi connectivity index (χ1) is 12.2. The number of hydrogen-bond donors (Lipinski definition) is 1. The van der Waals surface area contributed by atoms with Gasteiger partial charge >= 0.3 is 0 Å². The predicted molar refractivity (Wildman–Crippen MR) is 94.9 cm³/mol. The van der Waals surface area contributed by atoms with Crippen LogP contribution in [0, 0.1) is 6.92 Å². The maximum Gasteiger partial charge on any atom is 0.223 e. The zero-order chi connectivity index (χ0) is 17.2. The third kappa shape index (κ3) is 3.57. The highest BCUT2D eigenvalue weighted by atomic mass is 16.5. The van der Waals surface area contributed by atoms with Crippen molar-refractivity contribution in [1.82, 2.24) is 29.9 Å². The molecule has 132 valence electrons. The Morgan fingerprint density at radius 3 is 2.96 bits per heavy atom. The van der Waals surface area contributed by atoms with E-state index in [-0.39, 0.29) is 0 Å². The van der Waals surface area contributed by atoms with Crippen molar-refractivity contribution in [3.05, 3.63) is 41.8 Å². The van der Waals surface area contributed by atoms with E-state index in [1.165, 1.54) is 18.4 Å². The zero-order valence-electron chi connectivity index (χ0n) is 14.8. The first kappa shape index (κ1) is 16.2. The Balaban J connectivity index is 1.36. The summed E-state index contributed by atoms with van der Waals surface area (Å²) in [5, 5.41) is 7.67. The van der Waals surface area contributed by atoms with Crippen molar-refractivity contribution in [2.45, 2.75) is 38.9 Å². The molecule has 3 aromatic rings. The highest BCUT2D eigenvalue weighted by molar-refractivity contribution is 5.75. The van der Waals surface area contributed by atoms with Gasteiger partial charge in [-0.1, -0.05) is 17.3 Å². The van der Waals surface area contributed by atoms with E-state index in [1.54, 1.807) is 0 Å². The monoisotopic (exact) mass is 340 g/mol. The molecule has 1 atom stereocenters.